The quantitative estimate of drug-likeness (QED) is 0.597. The zero-order valence-corrected chi connectivity index (χ0v) is 12.2. The maximum Gasteiger partial charge on any atom is 0.273 e. The fourth-order valence-corrected chi connectivity index (χ4v) is 3.51. The Bertz CT molecular complexity index is 652. The first-order valence-corrected chi connectivity index (χ1v) is 7.77. The molecule has 116 valence electrons. The van der Waals surface area contributed by atoms with Crippen molar-refractivity contribution in [2.45, 2.75) is 23.8 Å². The van der Waals surface area contributed by atoms with Gasteiger partial charge in [-0.15, -0.1) is 0 Å². The van der Waals surface area contributed by atoms with Crippen LogP contribution >= 0.6 is 0 Å². The number of sulfonamides is 1. The van der Waals surface area contributed by atoms with E-state index in [1.807, 2.05) is 0 Å². The van der Waals surface area contributed by atoms with Gasteiger partial charge >= 0.3 is 0 Å². The molecule has 0 aromatic heterocycles. The maximum atomic E-state index is 12.2. The van der Waals surface area contributed by atoms with Crippen LogP contribution in [0, 0.1) is 17.0 Å². The number of nitro benzene ring substituents is 1. The van der Waals surface area contributed by atoms with Gasteiger partial charge in [0.05, 0.1) is 16.4 Å². The first-order chi connectivity index (χ1) is 9.75. The monoisotopic (exact) mass is 316 g/mol. The van der Waals surface area contributed by atoms with Crippen molar-refractivity contribution < 1.29 is 23.2 Å². The van der Waals surface area contributed by atoms with Gasteiger partial charge in [0.2, 0.25) is 10.0 Å². The van der Waals surface area contributed by atoms with Gasteiger partial charge in [-0.1, -0.05) is 6.07 Å². The van der Waals surface area contributed by atoms with Gasteiger partial charge in [0.1, 0.15) is 5.60 Å². The molecule has 2 rings (SSSR count). The van der Waals surface area contributed by atoms with E-state index in [2.05, 4.69) is 4.72 Å². The lowest BCUT2D eigenvalue weighted by atomic mass is 10.1. The van der Waals surface area contributed by atoms with Crippen molar-refractivity contribution >= 4 is 15.7 Å². The summed E-state index contributed by atoms with van der Waals surface area (Å²) in [6.07, 6.45) is 0.337. The third kappa shape index (κ3) is 3.38. The van der Waals surface area contributed by atoms with Crippen LogP contribution in [-0.2, 0) is 14.8 Å². The summed E-state index contributed by atoms with van der Waals surface area (Å²) in [4.78, 5) is 10.1. The highest BCUT2D eigenvalue weighted by molar-refractivity contribution is 7.89. The van der Waals surface area contributed by atoms with Gasteiger partial charge in [-0.3, -0.25) is 10.1 Å². The number of nitrogens with zero attached hydrogens (tertiary/aromatic N) is 1. The van der Waals surface area contributed by atoms with Crippen molar-refractivity contribution in [2.24, 2.45) is 0 Å². The van der Waals surface area contributed by atoms with Crippen LogP contribution in [0.5, 0.6) is 0 Å². The molecular formula is C12H16N2O6S. The summed E-state index contributed by atoms with van der Waals surface area (Å²) in [5.41, 5.74) is -1.44. The minimum absolute atomic E-state index is 0.0590. The van der Waals surface area contributed by atoms with E-state index in [1.54, 1.807) is 0 Å². The van der Waals surface area contributed by atoms with E-state index in [-0.39, 0.29) is 29.3 Å². The Morgan fingerprint density at radius 1 is 1.52 bits per heavy atom. The highest BCUT2D eigenvalue weighted by Crippen LogP contribution is 2.25. The van der Waals surface area contributed by atoms with Gasteiger partial charge in [0, 0.05) is 31.2 Å². The van der Waals surface area contributed by atoms with Crippen molar-refractivity contribution in [2.75, 3.05) is 19.8 Å². The summed E-state index contributed by atoms with van der Waals surface area (Å²) in [6, 6.07) is 3.85. The van der Waals surface area contributed by atoms with E-state index < -0.39 is 20.5 Å². The normalized spacial score (nSPS) is 22.4. The van der Waals surface area contributed by atoms with Crippen LogP contribution in [0.15, 0.2) is 23.1 Å². The van der Waals surface area contributed by atoms with E-state index >= 15 is 0 Å². The van der Waals surface area contributed by atoms with Crippen LogP contribution in [0.25, 0.3) is 0 Å². The van der Waals surface area contributed by atoms with Gasteiger partial charge in [-0.2, -0.15) is 0 Å². The number of nitrogens with one attached hydrogen (secondary N) is 1. The Morgan fingerprint density at radius 3 is 2.81 bits per heavy atom. The third-order valence-electron chi connectivity index (χ3n) is 3.42. The SMILES string of the molecule is Cc1c([N+](=O)[O-])cccc1S(=O)(=O)NCC1(O)CCOC1. The number of rotatable bonds is 5. The highest BCUT2D eigenvalue weighted by Gasteiger charge is 2.34. The molecular weight excluding hydrogens is 300 g/mol. The molecule has 1 aromatic carbocycles. The Kier molecular flexibility index (Phi) is 4.28. The second-order valence-electron chi connectivity index (χ2n) is 5.01. The van der Waals surface area contributed by atoms with E-state index in [1.165, 1.54) is 25.1 Å². The molecule has 1 unspecified atom stereocenters. The van der Waals surface area contributed by atoms with Crippen LogP contribution in [0.2, 0.25) is 0 Å². The summed E-state index contributed by atoms with van der Waals surface area (Å²) in [6.45, 7) is 1.61. The Labute approximate surface area is 121 Å². The van der Waals surface area contributed by atoms with E-state index in [9.17, 15) is 23.6 Å². The van der Waals surface area contributed by atoms with Crippen LogP contribution in [0.3, 0.4) is 0 Å². The molecule has 0 aliphatic carbocycles. The van der Waals surface area contributed by atoms with Crippen LogP contribution in [0.4, 0.5) is 5.69 Å². The summed E-state index contributed by atoms with van der Waals surface area (Å²) >= 11 is 0. The Balaban J connectivity index is 2.24. The minimum atomic E-state index is -3.94. The number of hydrogen-bond donors (Lipinski definition) is 2. The van der Waals surface area contributed by atoms with E-state index in [0.29, 0.717) is 13.0 Å². The summed E-state index contributed by atoms with van der Waals surface area (Å²) < 4.78 is 31.8. The average molecular weight is 316 g/mol. The van der Waals surface area contributed by atoms with Crippen molar-refractivity contribution in [1.29, 1.82) is 0 Å². The molecule has 8 nitrogen and oxygen atoms in total. The van der Waals surface area contributed by atoms with E-state index in [4.69, 9.17) is 4.74 Å². The summed E-state index contributed by atoms with van der Waals surface area (Å²) in [5.74, 6) is 0. The predicted molar refractivity (Wildman–Crippen MR) is 73.4 cm³/mol. The van der Waals surface area contributed by atoms with Gasteiger partial charge < -0.3 is 9.84 Å². The molecule has 1 heterocycles. The number of ether oxygens (including phenoxy) is 1. The first kappa shape index (κ1) is 15.8. The molecule has 9 heteroatoms. The van der Waals surface area contributed by atoms with Gasteiger partial charge in [-0.25, -0.2) is 13.1 Å². The lowest BCUT2D eigenvalue weighted by Gasteiger charge is -2.20. The summed E-state index contributed by atoms with van der Waals surface area (Å²) in [5, 5.41) is 20.9. The zero-order chi connectivity index (χ0) is 15.7. The fraction of sp³-hybridized carbons (Fsp3) is 0.500. The smallest absolute Gasteiger partial charge is 0.273 e. The van der Waals surface area contributed by atoms with Crippen molar-refractivity contribution in [3.63, 3.8) is 0 Å². The topological polar surface area (TPSA) is 119 Å². The van der Waals surface area contributed by atoms with Gasteiger partial charge in [-0.05, 0) is 13.0 Å². The van der Waals surface area contributed by atoms with Crippen molar-refractivity contribution in [3.8, 4) is 0 Å². The van der Waals surface area contributed by atoms with E-state index in [0.717, 1.165) is 0 Å². The number of aliphatic hydroxyl groups is 1. The first-order valence-electron chi connectivity index (χ1n) is 6.29. The lowest BCUT2D eigenvalue weighted by molar-refractivity contribution is -0.385. The molecule has 0 radical (unpaired) electrons. The molecule has 0 saturated carbocycles. The predicted octanol–water partition coefficient (Wildman–Crippen LogP) is 0.333. The second-order valence-corrected chi connectivity index (χ2v) is 6.74. The largest absolute Gasteiger partial charge is 0.386 e. The Morgan fingerprint density at radius 2 is 2.24 bits per heavy atom. The lowest BCUT2D eigenvalue weighted by Crippen LogP contribution is -2.43. The Hall–Kier alpha value is -1.55. The molecule has 1 aliphatic rings. The highest BCUT2D eigenvalue weighted by atomic mass is 32.2. The molecule has 0 spiro atoms. The average Bonchev–Trinajstić information content (AvgIpc) is 2.84. The van der Waals surface area contributed by atoms with Crippen LogP contribution < -0.4 is 4.72 Å². The standard InChI is InChI=1S/C12H16N2O6S/c1-9-10(14(16)17)3-2-4-11(9)21(18,19)13-7-12(15)5-6-20-8-12/h2-4,13,15H,5-8H2,1H3. The number of nitro groups is 1. The van der Waals surface area contributed by atoms with Gasteiger partial charge in [0.15, 0.2) is 0 Å². The molecule has 1 fully saturated rings. The molecule has 1 saturated heterocycles. The van der Waals surface area contributed by atoms with Crippen LogP contribution in [-0.4, -0.2) is 43.8 Å². The third-order valence-corrected chi connectivity index (χ3v) is 4.96. The number of benzene rings is 1. The van der Waals surface area contributed by atoms with Crippen molar-refractivity contribution in [3.05, 3.63) is 33.9 Å². The zero-order valence-electron chi connectivity index (χ0n) is 11.4. The maximum absolute atomic E-state index is 12.2. The number of hydrogen-bond acceptors (Lipinski definition) is 6. The molecule has 1 aromatic rings. The van der Waals surface area contributed by atoms with Gasteiger partial charge in [0.25, 0.3) is 5.69 Å². The molecule has 2 N–H and O–H groups in total. The fourth-order valence-electron chi connectivity index (χ4n) is 2.13. The summed E-state index contributed by atoms with van der Waals surface area (Å²) in [7, 11) is -3.94. The van der Waals surface area contributed by atoms with Crippen LogP contribution in [0.1, 0.15) is 12.0 Å². The molecule has 1 aliphatic heterocycles. The second kappa shape index (κ2) is 5.68. The molecule has 0 amide bonds. The molecule has 0 bridgehead atoms. The molecule has 21 heavy (non-hydrogen) atoms. The minimum Gasteiger partial charge on any atom is -0.386 e. The van der Waals surface area contributed by atoms with Crippen molar-refractivity contribution in [1.82, 2.24) is 4.72 Å². The molecule has 1 atom stereocenters.